The van der Waals surface area contributed by atoms with E-state index in [4.69, 9.17) is 11.6 Å². The van der Waals surface area contributed by atoms with Gasteiger partial charge in [0.2, 0.25) is 0 Å². The number of nitrogens with one attached hydrogen (secondary N) is 1. The van der Waals surface area contributed by atoms with Gasteiger partial charge in [-0.15, -0.1) is 0 Å². The van der Waals surface area contributed by atoms with Gasteiger partial charge in [-0.25, -0.2) is 0 Å². The summed E-state index contributed by atoms with van der Waals surface area (Å²) < 4.78 is 0.744. The van der Waals surface area contributed by atoms with Crippen LogP contribution in [0.25, 0.3) is 0 Å². The van der Waals surface area contributed by atoms with Crippen molar-refractivity contribution in [1.82, 2.24) is 5.32 Å². The van der Waals surface area contributed by atoms with Crippen molar-refractivity contribution in [3.63, 3.8) is 0 Å². The predicted octanol–water partition coefficient (Wildman–Crippen LogP) is 4.80. The minimum Gasteiger partial charge on any atom is -0.349 e. The second kappa shape index (κ2) is 5.84. The fraction of sp³-hybridized carbons (Fsp3) is 0.533. The number of carbonyl (C=O) groups excluding carboxylic acids is 1. The van der Waals surface area contributed by atoms with Crippen LogP contribution in [0.3, 0.4) is 0 Å². The monoisotopic (exact) mass is 343 g/mol. The van der Waals surface area contributed by atoms with Gasteiger partial charge in [0.1, 0.15) is 0 Å². The molecule has 1 N–H and O–H groups in total. The molecule has 4 heteroatoms. The van der Waals surface area contributed by atoms with Gasteiger partial charge in [-0.2, -0.15) is 0 Å². The molecule has 1 aliphatic rings. The first kappa shape index (κ1) is 14.9. The predicted molar refractivity (Wildman–Crippen MR) is 82.7 cm³/mol. The van der Waals surface area contributed by atoms with Crippen molar-refractivity contribution in [2.24, 2.45) is 5.41 Å². The van der Waals surface area contributed by atoms with Gasteiger partial charge in [-0.3, -0.25) is 4.79 Å². The lowest BCUT2D eigenvalue weighted by Gasteiger charge is -2.34. The third-order valence-corrected chi connectivity index (χ3v) is 4.74. The molecule has 0 aromatic heterocycles. The number of rotatable bonds is 2. The molecule has 2 rings (SSSR count). The summed E-state index contributed by atoms with van der Waals surface area (Å²) in [5.74, 6) is -0.0201. The first-order valence-electron chi connectivity index (χ1n) is 6.63. The SMILES string of the molecule is CC1(C)CCC(NC(=O)c2ccc(Cl)cc2Br)CC1. The highest BCUT2D eigenvalue weighted by Crippen LogP contribution is 2.35. The van der Waals surface area contributed by atoms with Crippen LogP contribution >= 0.6 is 27.5 Å². The van der Waals surface area contributed by atoms with Crippen molar-refractivity contribution >= 4 is 33.4 Å². The molecule has 0 unspecified atom stereocenters. The number of halogens is 2. The van der Waals surface area contributed by atoms with Crippen molar-refractivity contribution in [3.8, 4) is 0 Å². The van der Waals surface area contributed by atoms with Gasteiger partial charge in [0.05, 0.1) is 5.56 Å². The van der Waals surface area contributed by atoms with Crippen LogP contribution in [0, 0.1) is 5.41 Å². The lowest BCUT2D eigenvalue weighted by atomic mass is 9.75. The lowest BCUT2D eigenvalue weighted by molar-refractivity contribution is 0.0908. The highest BCUT2D eigenvalue weighted by atomic mass is 79.9. The largest absolute Gasteiger partial charge is 0.349 e. The maximum Gasteiger partial charge on any atom is 0.252 e. The van der Waals surface area contributed by atoms with Gasteiger partial charge < -0.3 is 5.32 Å². The van der Waals surface area contributed by atoms with Crippen LogP contribution in [0.1, 0.15) is 49.9 Å². The normalized spacial score (nSPS) is 19.2. The molecule has 1 saturated carbocycles. The molecular weight excluding hydrogens is 326 g/mol. The second-order valence-corrected chi connectivity index (χ2v) is 7.33. The number of amides is 1. The Morgan fingerprint density at radius 3 is 2.58 bits per heavy atom. The maximum atomic E-state index is 12.2. The molecule has 1 fully saturated rings. The van der Waals surface area contributed by atoms with Gasteiger partial charge in [0, 0.05) is 15.5 Å². The van der Waals surface area contributed by atoms with Crippen LogP contribution in [0.15, 0.2) is 22.7 Å². The van der Waals surface area contributed by atoms with E-state index < -0.39 is 0 Å². The molecule has 1 aromatic carbocycles. The van der Waals surface area contributed by atoms with Gasteiger partial charge in [0.15, 0.2) is 0 Å². The summed E-state index contributed by atoms with van der Waals surface area (Å²) in [6, 6.07) is 5.54. The zero-order valence-corrected chi connectivity index (χ0v) is 13.6. The minimum atomic E-state index is -0.0201. The van der Waals surface area contributed by atoms with Crippen LogP contribution in [0.2, 0.25) is 5.02 Å². The molecule has 104 valence electrons. The second-order valence-electron chi connectivity index (χ2n) is 6.04. The van der Waals surface area contributed by atoms with E-state index in [1.54, 1.807) is 18.2 Å². The smallest absolute Gasteiger partial charge is 0.252 e. The fourth-order valence-corrected chi connectivity index (χ4v) is 3.34. The van der Waals surface area contributed by atoms with Gasteiger partial charge >= 0.3 is 0 Å². The Labute approximate surface area is 128 Å². The molecule has 1 amide bonds. The molecule has 0 aliphatic heterocycles. The van der Waals surface area contributed by atoms with E-state index in [2.05, 4.69) is 35.1 Å². The van der Waals surface area contributed by atoms with Crippen LogP contribution in [-0.2, 0) is 0 Å². The Morgan fingerprint density at radius 2 is 2.00 bits per heavy atom. The number of hydrogen-bond acceptors (Lipinski definition) is 1. The van der Waals surface area contributed by atoms with E-state index in [1.165, 1.54) is 12.8 Å². The van der Waals surface area contributed by atoms with Crippen molar-refractivity contribution in [2.45, 2.75) is 45.6 Å². The summed E-state index contributed by atoms with van der Waals surface area (Å²) in [6.45, 7) is 4.58. The Hall–Kier alpha value is -0.540. The van der Waals surface area contributed by atoms with Gasteiger partial charge in [-0.1, -0.05) is 25.4 Å². The summed E-state index contributed by atoms with van der Waals surface area (Å²) in [6.07, 6.45) is 4.45. The molecule has 0 saturated heterocycles. The van der Waals surface area contributed by atoms with Crippen molar-refractivity contribution in [1.29, 1.82) is 0 Å². The fourth-order valence-electron chi connectivity index (χ4n) is 2.48. The number of hydrogen-bond donors (Lipinski definition) is 1. The molecule has 1 aromatic rings. The molecule has 0 atom stereocenters. The molecule has 1 aliphatic carbocycles. The summed E-state index contributed by atoms with van der Waals surface area (Å²) in [5.41, 5.74) is 1.07. The molecule has 0 spiro atoms. The molecule has 0 radical (unpaired) electrons. The van der Waals surface area contributed by atoms with Crippen LogP contribution in [0.4, 0.5) is 0 Å². The summed E-state index contributed by atoms with van der Waals surface area (Å²) in [4.78, 5) is 12.2. The standard InChI is InChI=1S/C15H19BrClNO/c1-15(2)7-5-11(6-8-15)18-14(19)12-4-3-10(17)9-13(12)16/h3-4,9,11H,5-8H2,1-2H3,(H,18,19). The van der Waals surface area contributed by atoms with E-state index in [0.717, 1.165) is 17.3 Å². The van der Waals surface area contributed by atoms with E-state index in [9.17, 15) is 4.79 Å². The van der Waals surface area contributed by atoms with Crippen LogP contribution < -0.4 is 5.32 Å². The molecular formula is C15H19BrClNO. The first-order valence-corrected chi connectivity index (χ1v) is 7.80. The third kappa shape index (κ3) is 3.96. The number of benzene rings is 1. The van der Waals surface area contributed by atoms with Crippen molar-refractivity contribution in [3.05, 3.63) is 33.3 Å². The lowest BCUT2D eigenvalue weighted by Crippen LogP contribution is -2.39. The van der Waals surface area contributed by atoms with E-state index >= 15 is 0 Å². The topological polar surface area (TPSA) is 29.1 Å². The molecule has 19 heavy (non-hydrogen) atoms. The Balaban J connectivity index is 1.98. The molecule has 0 heterocycles. The number of carbonyl (C=O) groups is 1. The van der Waals surface area contributed by atoms with E-state index in [-0.39, 0.29) is 5.91 Å². The van der Waals surface area contributed by atoms with E-state index in [0.29, 0.717) is 22.0 Å². The Morgan fingerprint density at radius 1 is 1.37 bits per heavy atom. The average Bonchev–Trinajstić information content (AvgIpc) is 2.31. The van der Waals surface area contributed by atoms with Crippen molar-refractivity contribution in [2.75, 3.05) is 0 Å². The maximum absolute atomic E-state index is 12.2. The average molecular weight is 345 g/mol. The first-order chi connectivity index (χ1) is 8.87. The molecule has 0 bridgehead atoms. The Bertz CT molecular complexity index is 477. The van der Waals surface area contributed by atoms with Crippen LogP contribution in [0.5, 0.6) is 0 Å². The summed E-state index contributed by atoms with van der Waals surface area (Å²) in [5, 5.41) is 3.75. The van der Waals surface area contributed by atoms with Gasteiger partial charge in [-0.05, 0) is 65.2 Å². The zero-order valence-electron chi connectivity index (χ0n) is 11.3. The Kier molecular flexibility index (Phi) is 4.57. The quantitative estimate of drug-likeness (QED) is 0.820. The van der Waals surface area contributed by atoms with E-state index in [1.807, 2.05) is 0 Å². The van der Waals surface area contributed by atoms with Gasteiger partial charge in [0.25, 0.3) is 5.91 Å². The van der Waals surface area contributed by atoms with Crippen molar-refractivity contribution < 1.29 is 4.79 Å². The molecule has 2 nitrogen and oxygen atoms in total. The summed E-state index contributed by atoms with van der Waals surface area (Å²) >= 11 is 9.27. The highest BCUT2D eigenvalue weighted by molar-refractivity contribution is 9.10. The van der Waals surface area contributed by atoms with Crippen LogP contribution in [-0.4, -0.2) is 11.9 Å². The zero-order chi connectivity index (χ0) is 14.0. The minimum absolute atomic E-state index is 0.0201. The summed E-state index contributed by atoms with van der Waals surface area (Å²) in [7, 11) is 0. The highest BCUT2D eigenvalue weighted by Gasteiger charge is 2.27. The third-order valence-electron chi connectivity index (χ3n) is 3.85.